The fourth-order valence-electron chi connectivity index (χ4n) is 3.01. The van der Waals surface area contributed by atoms with Crippen LogP contribution in [-0.2, 0) is 11.2 Å². The summed E-state index contributed by atoms with van der Waals surface area (Å²) >= 11 is 0. The smallest absolute Gasteiger partial charge is 0.338 e. The van der Waals surface area contributed by atoms with Crippen molar-refractivity contribution < 1.29 is 14.3 Å². The van der Waals surface area contributed by atoms with Crippen LogP contribution < -0.4 is 5.56 Å². The van der Waals surface area contributed by atoms with E-state index in [2.05, 4.69) is 0 Å². The highest BCUT2D eigenvalue weighted by Gasteiger charge is 2.24. The van der Waals surface area contributed by atoms with Crippen molar-refractivity contribution in [1.82, 2.24) is 4.57 Å². The highest BCUT2D eigenvalue weighted by Crippen LogP contribution is 2.23. The summed E-state index contributed by atoms with van der Waals surface area (Å²) in [4.78, 5) is 36.6. The van der Waals surface area contributed by atoms with Crippen LogP contribution in [0, 0.1) is 11.3 Å². The van der Waals surface area contributed by atoms with Gasteiger partial charge in [-0.25, -0.2) is 4.79 Å². The molecule has 0 saturated heterocycles. The maximum Gasteiger partial charge on any atom is 0.338 e. The van der Waals surface area contributed by atoms with Gasteiger partial charge in [0.15, 0.2) is 5.78 Å². The van der Waals surface area contributed by atoms with Crippen molar-refractivity contribution in [1.29, 1.82) is 5.26 Å². The van der Waals surface area contributed by atoms with Gasteiger partial charge >= 0.3 is 5.97 Å². The molecule has 0 aliphatic heterocycles. The Bertz CT molecular complexity index is 949. The average Bonchev–Trinajstić information content (AvgIpc) is 2.62. The molecule has 1 heterocycles. The van der Waals surface area contributed by atoms with E-state index in [-0.39, 0.29) is 18.0 Å². The summed E-state index contributed by atoms with van der Waals surface area (Å²) in [7, 11) is 0. The summed E-state index contributed by atoms with van der Waals surface area (Å²) in [5.74, 6) is -0.501. The molecule has 3 rings (SSSR count). The molecule has 25 heavy (non-hydrogen) atoms. The minimum absolute atomic E-state index is 0.0605. The van der Waals surface area contributed by atoms with E-state index >= 15 is 0 Å². The van der Waals surface area contributed by atoms with Crippen molar-refractivity contribution in [3.63, 3.8) is 0 Å². The molecule has 126 valence electrons. The SMILES string of the molecule is CCOC(=O)c1ccc(-n2c3c(cc(C#N)c2=O)C(=O)CCC3)cc1. The van der Waals surface area contributed by atoms with Gasteiger partial charge in [-0.2, -0.15) is 5.26 Å². The number of carbonyl (C=O) groups is 2. The van der Waals surface area contributed by atoms with Gasteiger partial charge in [-0.3, -0.25) is 14.2 Å². The number of hydrogen-bond donors (Lipinski definition) is 0. The molecule has 0 spiro atoms. The number of esters is 1. The van der Waals surface area contributed by atoms with Crippen LogP contribution in [0.5, 0.6) is 0 Å². The first-order valence-corrected chi connectivity index (χ1v) is 8.06. The Kier molecular flexibility index (Phi) is 4.48. The molecule has 0 unspecified atom stereocenters. The third-order valence-electron chi connectivity index (χ3n) is 4.18. The zero-order valence-corrected chi connectivity index (χ0v) is 13.7. The molecule has 0 fully saturated rings. The molecular formula is C19H16N2O4. The summed E-state index contributed by atoms with van der Waals surface area (Å²) < 4.78 is 6.35. The maximum atomic E-state index is 12.6. The number of rotatable bonds is 3. The molecule has 0 N–H and O–H groups in total. The second-order valence-corrected chi connectivity index (χ2v) is 5.71. The Balaban J connectivity index is 2.15. The summed E-state index contributed by atoms with van der Waals surface area (Å²) in [6, 6.07) is 9.62. The van der Waals surface area contributed by atoms with Crippen LogP contribution in [0.1, 0.15) is 51.7 Å². The van der Waals surface area contributed by atoms with Crippen LogP contribution >= 0.6 is 0 Å². The number of ketones is 1. The highest BCUT2D eigenvalue weighted by atomic mass is 16.5. The van der Waals surface area contributed by atoms with Crippen molar-refractivity contribution in [3.05, 3.63) is 63.1 Å². The van der Waals surface area contributed by atoms with Crippen LogP contribution in [0.4, 0.5) is 0 Å². The van der Waals surface area contributed by atoms with E-state index in [1.54, 1.807) is 31.2 Å². The van der Waals surface area contributed by atoms with E-state index in [0.717, 1.165) is 0 Å². The number of fused-ring (bicyclic) bond motifs is 1. The number of pyridine rings is 1. The van der Waals surface area contributed by atoms with E-state index in [9.17, 15) is 19.6 Å². The number of aromatic nitrogens is 1. The Morgan fingerprint density at radius 2 is 1.96 bits per heavy atom. The first kappa shape index (κ1) is 16.7. The molecule has 1 aromatic heterocycles. The van der Waals surface area contributed by atoms with E-state index in [1.807, 2.05) is 6.07 Å². The first-order valence-electron chi connectivity index (χ1n) is 8.06. The van der Waals surface area contributed by atoms with Crippen molar-refractivity contribution in [2.45, 2.75) is 26.2 Å². The van der Waals surface area contributed by atoms with Gasteiger partial charge in [-0.15, -0.1) is 0 Å². The predicted octanol–water partition coefficient (Wildman–Crippen LogP) is 2.40. The lowest BCUT2D eigenvalue weighted by Crippen LogP contribution is -2.29. The van der Waals surface area contributed by atoms with E-state index < -0.39 is 11.5 Å². The zero-order chi connectivity index (χ0) is 18.0. The standard InChI is InChI=1S/C19H16N2O4/c1-2-25-19(24)12-6-8-14(9-7-12)21-16-4-3-5-17(22)15(16)10-13(11-20)18(21)23/h6-10H,2-5H2,1H3. The Morgan fingerprint density at radius 1 is 1.24 bits per heavy atom. The normalized spacial score (nSPS) is 13.0. The number of Topliss-reactive ketones (excluding diaryl/α,β-unsaturated/α-hetero) is 1. The monoisotopic (exact) mass is 336 g/mol. The third-order valence-corrected chi connectivity index (χ3v) is 4.18. The largest absolute Gasteiger partial charge is 0.462 e. The maximum absolute atomic E-state index is 12.6. The number of carbonyl (C=O) groups excluding carboxylic acids is 2. The minimum atomic E-state index is -0.458. The molecule has 6 nitrogen and oxygen atoms in total. The van der Waals surface area contributed by atoms with Crippen LogP contribution in [0.25, 0.3) is 5.69 Å². The lowest BCUT2D eigenvalue weighted by atomic mass is 9.93. The van der Waals surface area contributed by atoms with Crippen molar-refractivity contribution in [2.24, 2.45) is 0 Å². The molecule has 1 aromatic carbocycles. The third kappa shape index (κ3) is 2.96. The van der Waals surface area contributed by atoms with Crippen molar-refractivity contribution in [3.8, 4) is 11.8 Å². The number of ether oxygens (including phenoxy) is 1. The van der Waals surface area contributed by atoms with Gasteiger partial charge < -0.3 is 4.74 Å². The topological polar surface area (TPSA) is 89.2 Å². The predicted molar refractivity (Wildman–Crippen MR) is 90.0 cm³/mol. The molecule has 2 aromatic rings. The fraction of sp³-hybridized carbons (Fsp3) is 0.263. The Morgan fingerprint density at radius 3 is 2.60 bits per heavy atom. The van der Waals surface area contributed by atoms with Gasteiger partial charge in [-0.1, -0.05) is 0 Å². The number of nitriles is 1. The number of hydrogen-bond acceptors (Lipinski definition) is 5. The highest BCUT2D eigenvalue weighted by molar-refractivity contribution is 5.98. The summed E-state index contributed by atoms with van der Waals surface area (Å²) in [6.45, 7) is 2.00. The minimum Gasteiger partial charge on any atom is -0.462 e. The van der Waals surface area contributed by atoms with Gasteiger partial charge in [0.05, 0.1) is 12.2 Å². The fourth-order valence-corrected chi connectivity index (χ4v) is 3.01. The van der Waals surface area contributed by atoms with Crippen LogP contribution in [0.3, 0.4) is 0 Å². The molecule has 0 radical (unpaired) electrons. The Hall–Kier alpha value is -3.20. The van der Waals surface area contributed by atoms with Crippen molar-refractivity contribution in [2.75, 3.05) is 6.61 Å². The van der Waals surface area contributed by atoms with E-state index in [1.165, 1.54) is 10.6 Å². The second kappa shape index (κ2) is 6.73. The second-order valence-electron chi connectivity index (χ2n) is 5.71. The molecule has 1 aliphatic carbocycles. The Labute approximate surface area is 144 Å². The molecule has 0 bridgehead atoms. The average molecular weight is 336 g/mol. The van der Waals surface area contributed by atoms with E-state index in [4.69, 9.17) is 4.74 Å². The van der Waals surface area contributed by atoms with E-state index in [0.29, 0.717) is 41.8 Å². The van der Waals surface area contributed by atoms with Gasteiger partial charge in [0.2, 0.25) is 0 Å². The molecule has 1 aliphatic rings. The van der Waals surface area contributed by atoms with Gasteiger partial charge in [-0.05, 0) is 50.1 Å². The molecule has 0 atom stereocenters. The number of benzene rings is 1. The molecule has 0 amide bonds. The molecular weight excluding hydrogens is 320 g/mol. The first-order chi connectivity index (χ1) is 12.1. The summed E-state index contributed by atoms with van der Waals surface area (Å²) in [5.41, 5.74) is 1.41. The van der Waals surface area contributed by atoms with Crippen LogP contribution in [0.2, 0.25) is 0 Å². The lowest BCUT2D eigenvalue weighted by Gasteiger charge is -2.20. The number of nitrogens with zero attached hydrogens (tertiary/aromatic N) is 2. The quantitative estimate of drug-likeness (QED) is 0.803. The lowest BCUT2D eigenvalue weighted by molar-refractivity contribution is 0.0526. The van der Waals surface area contributed by atoms with Crippen LogP contribution in [0.15, 0.2) is 35.1 Å². The summed E-state index contributed by atoms with van der Waals surface area (Å²) in [5, 5.41) is 9.22. The molecule has 6 heteroatoms. The summed E-state index contributed by atoms with van der Waals surface area (Å²) in [6.07, 6.45) is 1.66. The van der Waals surface area contributed by atoms with Crippen LogP contribution in [-0.4, -0.2) is 22.9 Å². The van der Waals surface area contributed by atoms with Gasteiger partial charge in [0.1, 0.15) is 11.6 Å². The van der Waals surface area contributed by atoms with Gasteiger partial charge in [0.25, 0.3) is 5.56 Å². The van der Waals surface area contributed by atoms with Gasteiger partial charge in [0, 0.05) is 23.4 Å². The van der Waals surface area contributed by atoms with Crippen molar-refractivity contribution >= 4 is 11.8 Å². The molecule has 0 saturated carbocycles. The zero-order valence-electron chi connectivity index (χ0n) is 13.7.